The number of nitrogens with one attached hydrogen (secondary N) is 1. The molecule has 0 spiro atoms. The molecule has 1 N–H and O–H groups in total. The molecule has 1 unspecified atom stereocenters. The molecule has 1 aliphatic rings. The number of hydrogen-bond donors (Lipinski definition) is 1. The molecule has 2 amide bonds. The van der Waals surface area contributed by atoms with E-state index < -0.39 is 11.9 Å². The van der Waals surface area contributed by atoms with Crippen molar-refractivity contribution in [2.24, 2.45) is 5.92 Å². The summed E-state index contributed by atoms with van der Waals surface area (Å²) in [5, 5.41) is 3.10. The third-order valence-corrected chi connectivity index (χ3v) is 3.61. The molecule has 0 aliphatic carbocycles. The van der Waals surface area contributed by atoms with Gasteiger partial charge in [-0.05, 0) is 31.2 Å². The van der Waals surface area contributed by atoms with Crippen LogP contribution in [0.2, 0.25) is 5.02 Å². The summed E-state index contributed by atoms with van der Waals surface area (Å²) in [5.41, 5.74) is 0.772. The molecule has 1 fully saturated rings. The van der Waals surface area contributed by atoms with Crippen LogP contribution in [0.3, 0.4) is 0 Å². The Hall–Kier alpha value is -2.08. The molecule has 118 valence electrons. The summed E-state index contributed by atoms with van der Waals surface area (Å²) < 4.78 is 4.60. The van der Waals surface area contributed by atoms with Gasteiger partial charge in [-0.15, -0.1) is 0 Å². The van der Waals surface area contributed by atoms with Gasteiger partial charge in [-0.2, -0.15) is 0 Å². The molecule has 0 radical (unpaired) electrons. The molecule has 0 saturated carbocycles. The number of benzene rings is 1. The van der Waals surface area contributed by atoms with Crippen LogP contribution in [0, 0.1) is 5.92 Å². The van der Waals surface area contributed by atoms with Crippen LogP contribution >= 0.6 is 11.6 Å². The Bertz CT molecular complexity index is 573. The van der Waals surface area contributed by atoms with E-state index in [0.29, 0.717) is 18.0 Å². The normalized spacial score (nSPS) is 17.5. The number of ether oxygens (including phenoxy) is 1. The van der Waals surface area contributed by atoms with Gasteiger partial charge in [-0.25, -0.2) is 4.79 Å². The average molecular weight is 325 g/mol. The van der Waals surface area contributed by atoms with Gasteiger partial charge >= 0.3 is 11.9 Å². The first-order valence-corrected chi connectivity index (χ1v) is 7.40. The van der Waals surface area contributed by atoms with E-state index in [2.05, 4.69) is 10.1 Å². The summed E-state index contributed by atoms with van der Waals surface area (Å²) in [5.74, 6) is -1.74. The molecule has 7 heteroatoms. The van der Waals surface area contributed by atoms with E-state index in [1.165, 1.54) is 0 Å². The second-order valence-electron chi connectivity index (χ2n) is 4.98. The molecular weight excluding hydrogens is 308 g/mol. The van der Waals surface area contributed by atoms with Gasteiger partial charge in [0.05, 0.1) is 6.61 Å². The Morgan fingerprint density at radius 3 is 2.68 bits per heavy atom. The minimum atomic E-state index is -0.901. The van der Waals surface area contributed by atoms with E-state index in [1.807, 2.05) is 0 Å². The lowest BCUT2D eigenvalue weighted by atomic mass is 10.1. The number of hydrogen-bond acceptors (Lipinski definition) is 4. The predicted octanol–water partition coefficient (Wildman–Crippen LogP) is 1.37. The molecule has 1 heterocycles. The van der Waals surface area contributed by atoms with Crippen molar-refractivity contribution < 1.29 is 19.1 Å². The molecule has 6 nitrogen and oxygen atoms in total. The van der Waals surface area contributed by atoms with Crippen LogP contribution < -0.4 is 10.2 Å². The molecule has 22 heavy (non-hydrogen) atoms. The number of anilines is 1. The maximum atomic E-state index is 12.0. The quantitative estimate of drug-likeness (QED) is 0.670. The van der Waals surface area contributed by atoms with Gasteiger partial charge in [-0.3, -0.25) is 9.59 Å². The lowest BCUT2D eigenvalue weighted by Crippen LogP contribution is -2.36. The van der Waals surface area contributed by atoms with E-state index in [9.17, 15) is 14.4 Å². The summed E-state index contributed by atoms with van der Waals surface area (Å²) in [6, 6.07) is 7.00. The zero-order valence-electron chi connectivity index (χ0n) is 12.2. The number of amides is 2. The Labute approximate surface area is 133 Å². The maximum Gasteiger partial charge on any atom is 0.396 e. The number of carbonyl (C=O) groups is 3. The Kier molecular flexibility index (Phi) is 5.38. The smallest absolute Gasteiger partial charge is 0.396 e. The number of nitrogens with zero attached hydrogens (tertiary/aromatic N) is 1. The number of carbonyl (C=O) groups excluding carboxylic acids is 3. The van der Waals surface area contributed by atoms with Crippen LogP contribution in [0.4, 0.5) is 5.69 Å². The zero-order chi connectivity index (χ0) is 16.1. The van der Waals surface area contributed by atoms with Gasteiger partial charge < -0.3 is 15.0 Å². The van der Waals surface area contributed by atoms with E-state index in [-0.39, 0.29) is 25.0 Å². The van der Waals surface area contributed by atoms with Crippen LogP contribution in [0.25, 0.3) is 0 Å². The van der Waals surface area contributed by atoms with E-state index >= 15 is 0 Å². The number of esters is 1. The average Bonchev–Trinajstić information content (AvgIpc) is 2.87. The molecule has 2 rings (SSSR count). The minimum absolute atomic E-state index is 0.0160. The highest BCUT2D eigenvalue weighted by Crippen LogP contribution is 2.25. The zero-order valence-corrected chi connectivity index (χ0v) is 12.9. The fraction of sp³-hybridized carbons (Fsp3) is 0.400. The third kappa shape index (κ3) is 3.98. The van der Waals surface area contributed by atoms with Gasteiger partial charge in [0.25, 0.3) is 0 Å². The lowest BCUT2D eigenvalue weighted by molar-refractivity contribution is -0.154. The summed E-state index contributed by atoms with van der Waals surface area (Å²) in [6.07, 6.45) is 0.325. The van der Waals surface area contributed by atoms with Gasteiger partial charge in [0.2, 0.25) is 5.91 Å². The summed E-state index contributed by atoms with van der Waals surface area (Å²) in [7, 11) is 0. The molecule has 1 atom stereocenters. The Morgan fingerprint density at radius 2 is 2.05 bits per heavy atom. The summed E-state index contributed by atoms with van der Waals surface area (Å²) in [4.78, 5) is 36.4. The predicted molar refractivity (Wildman–Crippen MR) is 81.6 cm³/mol. The van der Waals surface area contributed by atoms with Crippen molar-refractivity contribution in [2.45, 2.75) is 13.3 Å². The molecule has 1 aromatic carbocycles. The Balaban J connectivity index is 1.88. The standard InChI is InChI=1S/C15H17ClN2O4/c1-2-22-15(21)14(20)17-8-10-7-13(19)18(9-10)12-5-3-11(16)4-6-12/h3-6,10H,2,7-9H2,1H3,(H,17,20). The number of halogens is 1. The molecule has 0 aromatic heterocycles. The second kappa shape index (κ2) is 7.26. The highest BCUT2D eigenvalue weighted by atomic mass is 35.5. The Morgan fingerprint density at radius 1 is 1.36 bits per heavy atom. The second-order valence-corrected chi connectivity index (χ2v) is 5.42. The lowest BCUT2D eigenvalue weighted by Gasteiger charge is -2.17. The first-order valence-electron chi connectivity index (χ1n) is 7.02. The molecule has 0 bridgehead atoms. The van der Waals surface area contributed by atoms with Crippen molar-refractivity contribution in [1.29, 1.82) is 0 Å². The van der Waals surface area contributed by atoms with Crippen LogP contribution in [-0.2, 0) is 19.1 Å². The van der Waals surface area contributed by atoms with Crippen molar-refractivity contribution >= 4 is 35.1 Å². The summed E-state index contributed by atoms with van der Waals surface area (Å²) in [6.45, 7) is 2.53. The molecule has 1 saturated heterocycles. The third-order valence-electron chi connectivity index (χ3n) is 3.36. The van der Waals surface area contributed by atoms with E-state index in [1.54, 1.807) is 36.1 Å². The van der Waals surface area contributed by atoms with Crippen molar-refractivity contribution in [3.63, 3.8) is 0 Å². The first-order chi connectivity index (χ1) is 10.5. The topological polar surface area (TPSA) is 75.7 Å². The maximum absolute atomic E-state index is 12.0. The van der Waals surface area contributed by atoms with E-state index in [4.69, 9.17) is 11.6 Å². The van der Waals surface area contributed by atoms with Gasteiger partial charge in [0, 0.05) is 36.1 Å². The van der Waals surface area contributed by atoms with Crippen LogP contribution in [0.5, 0.6) is 0 Å². The highest BCUT2D eigenvalue weighted by Gasteiger charge is 2.31. The monoisotopic (exact) mass is 324 g/mol. The minimum Gasteiger partial charge on any atom is -0.459 e. The molecule has 1 aliphatic heterocycles. The van der Waals surface area contributed by atoms with Gasteiger partial charge in [0.15, 0.2) is 0 Å². The molecule has 1 aromatic rings. The van der Waals surface area contributed by atoms with Crippen molar-refractivity contribution in [1.82, 2.24) is 5.32 Å². The largest absolute Gasteiger partial charge is 0.459 e. The van der Waals surface area contributed by atoms with Gasteiger partial charge in [-0.1, -0.05) is 11.6 Å². The van der Waals surface area contributed by atoms with E-state index in [0.717, 1.165) is 5.69 Å². The van der Waals surface area contributed by atoms with Crippen LogP contribution in [0.15, 0.2) is 24.3 Å². The van der Waals surface area contributed by atoms with Gasteiger partial charge in [0.1, 0.15) is 0 Å². The summed E-state index contributed by atoms with van der Waals surface area (Å²) >= 11 is 5.83. The van der Waals surface area contributed by atoms with Crippen LogP contribution in [0.1, 0.15) is 13.3 Å². The SMILES string of the molecule is CCOC(=O)C(=O)NCC1CC(=O)N(c2ccc(Cl)cc2)C1. The highest BCUT2D eigenvalue weighted by molar-refractivity contribution is 6.32. The van der Waals surface area contributed by atoms with Crippen LogP contribution in [-0.4, -0.2) is 37.5 Å². The number of rotatable bonds is 4. The van der Waals surface area contributed by atoms with Crippen molar-refractivity contribution in [3.8, 4) is 0 Å². The van der Waals surface area contributed by atoms with Crippen molar-refractivity contribution in [2.75, 3.05) is 24.6 Å². The molecular formula is C15H17ClN2O4. The fourth-order valence-corrected chi connectivity index (χ4v) is 2.42. The van der Waals surface area contributed by atoms with Crippen molar-refractivity contribution in [3.05, 3.63) is 29.3 Å². The fourth-order valence-electron chi connectivity index (χ4n) is 2.29. The first kappa shape index (κ1) is 16.3.